The Morgan fingerprint density at radius 2 is 2.00 bits per heavy atom. The van der Waals surface area contributed by atoms with E-state index in [1.807, 2.05) is 30.3 Å². The molecule has 0 saturated heterocycles. The van der Waals surface area contributed by atoms with E-state index in [4.69, 9.17) is 17.3 Å². The third-order valence-electron chi connectivity index (χ3n) is 2.57. The summed E-state index contributed by atoms with van der Waals surface area (Å²) in [5.41, 5.74) is 7.07. The molecule has 5 nitrogen and oxygen atoms in total. The van der Waals surface area contributed by atoms with Crippen molar-refractivity contribution in [2.75, 3.05) is 5.73 Å². The third-order valence-corrected chi connectivity index (χ3v) is 2.90. The van der Waals surface area contributed by atoms with Gasteiger partial charge in [0.2, 0.25) is 0 Å². The fraction of sp³-hybridized carbons (Fsp3) is 0.0833. The standard InChI is InChI=1S/C12H10ClN3O2/c13-12-9(6-8-4-2-1-3-5-8)11(14)10(7-15-12)16(17)18/h1-5,7H,6H2,(H2,14,15). The van der Waals surface area contributed by atoms with Crippen LogP contribution >= 0.6 is 11.6 Å². The smallest absolute Gasteiger partial charge is 0.310 e. The molecule has 0 aliphatic carbocycles. The van der Waals surface area contributed by atoms with Crippen LogP contribution in [-0.2, 0) is 6.42 Å². The van der Waals surface area contributed by atoms with E-state index in [9.17, 15) is 10.1 Å². The van der Waals surface area contributed by atoms with Crippen LogP contribution in [0.5, 0.6) is 0 Å². The van der Waals surface area contributed by atoms with Crippen molar-refractivity contribution in [3.63, 3.8) is 0 Å². The Labute approximate surface area is 108 Å². The average molecular weight is 264 g/mol. The number of benzene rings is 1. The Kier molecular flexibility index (Phi) is 3.43. The molecule has 2 rings (SSSR count). The summed E-state index contributed by atoms with van der Waals surface area (Å²) in [6.07, 6.45) is 1.49. The van der Waals surface area contributed by atoms with Crippen LogP contribution in [0.25, 0.3) is 0 Å². The fourth-order valence-corrected chi connectivity index (χ4v) is 1.86. The van der Waals surface area contributed by atoms with Crippen molar-refractivity contribution in [3.05, 3.63) is 62.9 Å². The molecular weight excluding hydrogens is 254 g/mol. The van der Waals surface area contributed by atoms with Gasteiger partial charge in [0.1, 0.15) is 17.0 Å². The third kappa shape index (κ3) is 2.41. The lowest BCUT2D eigenvalue weighted by atomic mass is 10.0. The minimum absolute atomic E-state index is 0.0730. The number of nitrogen functional groups attached to an aromatic ring is 1. The Morgan fingerprint density at radius 3 is 2.61 bits per heavy atom. The van der Waals surface area contributed by atoms with Gasteiger partial charge in [-0.05, 0) is 5.56 Å². The zero-order valence-electron chi connectivity index (χ0n) is 9.34. The lowest BCUT2D eigenvalue weighted by molar-refractivity contribution is -0.384. The SMILES string of the molecule is Nc1c([N+](=O)[O-])cnc(Cl)c1Cc1ccccc1. The molecule has 0 fully saturated rings. The van der Waals surface area contributed by atoms with Crippen molar-refractivity contribution in [3.8, 4) is 0 Å². The highest BCUT2D eigenvalue weighted by Gasteiger charge is 2.18. The van der Waals surface area contributed by atoms with Crippen LogP contribution in [0.3, 0.4) is 0 Å². The Balaban J connectivity index is 2.44. The topological polar surface area (TPSA) is 82.0 Å². The van der Waals surface area contributed by atoms with Gasteiger partial charge >= 0.3 is 5.69 Å². The second kappa shape index (κ2) is 5.01. The first-order chi connectivity index (χ1) is 8.59. The molecule has 0 saturated carbocycles. The summed E-state index contributed by atoms with van der Waals surface area (Å²) in [4.78, 5) is 14.0. The highest BCUT2D eigenvalue weighted by atomic mass is 35.5. The number of aromatic nitrogens is 1. The maximum Gasteiger partial charge on any atom is 0.310 e. The van der Waals surface area contributed by atoms with Gasteiger partial charge in [0.15, 0.2) is 0 Å². The number of hydrogen-bond donors (Lipinski definition) is 1. The van der Waals surface area contributed by atoms with Gasteiger partial charge in [0, 0.05) is 12.0 Å². The molecule has 0 amide bonds. The van der Waals surface area contributed by atoms with E-state index in [1.54, 1.807) is 0 Å². The zero-order chi connectivity index (χ0) is 13.1. The second-order valence-corrected chi connectivity index (χ2v) is 4.10. The summed E-state index contributed by atoms with van der Waals surface area (Å²) in [6.45, 7) is 0. The molecule has 18 heavy (non-hydrogen) atoms. The van der Waals surface area contributed by atoms with Gasteiger partial charge in [-0.1, -0.05) is 41.9 Å². The van der Waals surface area contributed by atoms with Crippen molar-refractivity contribution >= 4 is 23.0 Å². The van der Waals surface area contributed by atoms with Gasteiger partial charge in [-0.2, -0.15) is 0 Å². The molecule has 2 aromatic rings. The van der Waals surface area contributed by atoms with Gasteiger partial charge in [0.25, 0.3) is 0 Å². The number of anilines is 1. The zero-order valence-corrected chi connectivity index (χ0v) is 10.1. The molecule has 0 aliphatic rings. The fourth-order valence-electron chi connectivity index (χ4n) is 1.64. The highest BCUT2D eigenvalue weighted by Crippen LogP contribution is 2.30. The van der Waals surface area contributed by atoms with E-state index < -0.39 is 4.92 Å². The number of halogens is 1. The lowest BCUT2D eigenvalue weighted by Gasteiger charge is -2.07. The van der Waals surface area contributed by atoms with Crippen LogP contribution in [0.4, 0.5) is 11.4 Å². The molecule has 0 aliphatic heterocycles. The first-order valence-corrected chi connectivity index (χ1v) is 5.58. The van der Waals surface area contributed by atoms with Crippen molar-refractivity contribution in [2.24, 2.45) is 0 Å². The largest absolute Gasteiger partial charge is 0.393 e. The van der Waals surface area contributed by atoms with Gasteiger partial charge in [-0.15, -0.1) is 0 Å². The molecular formula is C12H10ClN3O2. The van der Waals surface area contributed by atoms with E-state index in [-0.39, 0.29) is 16.5 Å². The molecule has 6 heteroatoms. The minimum atomic E-state index is -0.562. The second-order valence-electron chi connectivity index (χ2n) is 3.75. The van der Waals surface area contributed by atoms with Crippen LogP contribution in [-0.4, -0.2) is 9.91 Å². The predicted octanol–water partition coefficient (Wildman–Crippen LogP) is 2.82. The van der Waals surface area contributed by atoms with Crippen LogP contribution in [0.1, 0.15) is 11.1 Å². The quantitative estimate of drug-likeness (QED) is 0.524. The maximum absolute atomic E-state index is 10.8. The van der Waals surface area contributed by atoms with Crippen molar-refractivity contribution in [1.82, 2.24) is 4.98 Å². The number of nitrogens with two attached hydrogens (primary N) is 1. The minimum Gasteiger partial charge on any atom is -0.393 e. The van der Waals surface area contributed by atoms with Crippen LogP contribution in [0, 0.1) is 10.1 Å². The molecule has 0 unspecified atom stereocenters. The van der Waals surface area contributed by atoms with Gasteiger partial charge in [0.05, 0.1) is 4.92 Å². The highest BCUT2D eigenvalue weighted by molar-refractivity contribution is 6.30. The summed E-state index contributed by atoms with van der Waals surface area (Å²) < 4.78 is 0. The summed E-state index contributed by atoms with van der Waals surface area (Å²) in [5.74, 6) is 0. The Bertz CT molecular complexity index is 587. The van der Waals surface area contributed by atoms with Gasteiger partial charge in [-0.3, -0.25) is 10.1 Å². The lowest BCUT2D eigenvalue weighted by Crippen LogP contribution is -2.03. The normalized spacial score (nSPS) is 10.3. The summed E-state index contributed by atoms with van der Waals surface area (Å²) in [7, 11) is 0. The van der Waals surface area contributed by atoms with Crippen LogP contribution in [0.2, 0.25) is 5.15 Å². The molecule has 1 aromatic carbocycles. The summed E-state index contributed by atoms with van der Waals surface area (Å²) in [6, 6.07) is 9.44. The molecule has 1 aromatic heterocycles. The summed E-state index contributed by atoms with van der Waals surface area (Å²) in [5, 5.41) is 11.0. The van der Waals surface area contributed by atoms with Crippen LogP contribution in [0.15, 0.2) is 36.5 Å². The van der Waals surface area contributed by atoms with Crippen molar-refractivity contribution in [1.29, 1.82) is 0 Å². The Morgan fingerprint density at radius 1 is 1.33 bits per heavy atom. The average Bonchev–Trinajstić information content (AvgIpc) is 2.35. The van der Waals surface area contributed by atoms with Crippen molar-refractivity contribution < 1.29 is 4.92 Å². The maximum atomic E-state index is 10.8. The number of pyridine rings is 1. The molecule has 0 spiro atoms. The van der Waals surface area contributed by atoms with Crippen LogP contribution < -0.4 is 5.73 Å². The predicted molar refractivity (Wildman–Crippen MR) is 69.6 cm³/mol. The molecule has 92 valence electrons. The van der Waals surface area contributed by atoms with E-state index >= 15 is 0 Å². The van der Waals surface area contributed by atoms with Gasteiger partial charge in [-0.25, -0.2) is 4.98 Å². The molecule has 0 radical (unpaired) electrons. The van der Waals surface area contributed by atoms with E-state index in [0.29, 0.717) is 12.0 Å². The van der Waals surface area contributed by atoms with E-state index in [2.05, 4.69) is 4.98 Å². The summed E-state index contributed by atoms with van der Waals surface area (Å²) >= 11 is 5.94. The molecule has 2 N–H and O–H groups in total. The van der Waals surface area contributed by atoms with Gasteiger partial charge < -0.3 is 5.73 Å². The van der Waals surface area contributed by atoms with Crippen molar-refractivity contribution in [2.45, 2.75) is 6.42 Å². The van der Waals surface area contributed by atoms with E-state index in [0.717, 1.165) is 11.8 Å². The first-order valence-electron chi connectivity index (χ1n) is 5.20. The molecule has 1 heterocycles. The monoisotopic (exact) mass is 263 g/mol. The molecule has 0 atom stereocenters. The first kappa shape index (κ1) is 12.3. The number of nitro groups is 1. The van der Waals surface area contributed by atoms with E-state index in [1.165, 1.54) is 0 Å². The number of hydrogen-bond acceptors (Lipinski definition) is 4. The Hall–Kier alpha value is -2.14. The number of rotatable bonds is 3. The number of nitrogens with zero attached hydrogens (tertiary/aromatic N) is 2. The molecule has 0 bridgehead atoms.